The van der Waals surface area contributed by atoms with Crippen molar-refractivity contribution in [2.24, 2.45) is 0 Å². The Hall–Kier alpha value is -1.77. The first-order valence-electron chi connectivity index (χ1n) is 4.91. The van der Waals surface area contributed by atoms with E-state index >= 15 is 0 Å². The highest BCUT2D eigenvalue weighted by Gasteiger charge is 2.18. The standard InChI is InChI=1S/C12H12O3/c13-12-14-9-8-11(15-12)7-6-10-4-2-1-3-5-10/h1-7,11H,8-9H2. The zero-order chi connectivity index (χ0) is 10.5. The molecule has 0 aromatic heterocycles. The van der Waals surface area contributed by atoms with Crippen LogP contribution >= 0.6 is 0 Å². The number of ether oxygens (including phenoxy) is 2. The molecule has 3 heteroatoms. The molecule has 0 amide bonds. The summed E-state index contributed by atoms with van der Waals surface area (Å²) in [5.74, 6) is 0. The molecule has 1 atom stereocenters. The highest BCUT2D eigenvalue weighted by molar-refractivity contribution is 5.61. The molecule has 0 aliphatic carbocycles. The van der Waals surface area contributed by atoms with Crippen LogP contribution in [0.4, 0.5) is 4.79 Å². The van der Waals surface area contributed by atoms with E-state index in [9.17, 15) is 4.79 Å². The van der Waals surface area contributed by atoms with Crippen LogP contribution in [0.2, 0.25) is 0 Å². The molecular weight excluding hydrogens is 192 g/mol. The number of hydrogen-bond donors (Lipinski definition) is 0. The van der Waals surface area contributed by atoms with Gasteiger partial charge in [-0.3, -0.25) is 0 Å². The second kappa shape index (κ2) is 4.64. The first-order chi connectivity index (χ1) is 7.34. The van der Waals surface area contributed by atoms with E-state index in [1.54, 1.807) is 0 Å². The molecule has 1 aromatic rings. The van der Waals surface area contributed by atoms with Gasteiger partial charge in [-0.15, -0.1) is 0 Å². The molecule has 0 bridgehead atoms. The van der Waals surface area contributed by atoms with Gasteiger partial charge in [0.25, 0.3) is 0 Å². The molecule has 0 radical (unpaired) electrons. The van der Waals surface area contributed by atoms with Gasteiger partial charge >= 0.3 is 6.16 Å². The molecule has 0 saturated carbocycles. The molecule has 0 spiro atoms. The van der Waals surface area contributed by atoms with E-state index in [0.717, 1.165) is 12.0 Å². The zero-order valence-electron chi connectivity index (χ0n) is 8.26. The number of rotatable bonds is 2. The lowest BCUT2D eigenvalue weighted by Crippen LogP contribution is -2.25. The van der Waals surface area contributed by atoms with E-state index in [-0.39, 0.29) is 6.10 Å². The van der Waals surface area contributed by atoms with Crippen molar-refractivity contribution < 1.29 is 14.3 Å². The van der Waals surface area contributed by atoms with Gasteiger partial charge in [0.15, 0.2) is 0 Å². The SMILES string of the molecule is O=C1OCCC(C=Cc2ccccc2)O1. The lowest BCUT2D eigenvalue weighted by Gasteiger charge is -2.19. The Balaban J connectivity index is 1.96. The average Bonchev–Trinajstić information content (AvgIpc) is 2.28. The third kappa shape index (κ3) is 2.84. The molecule has 3 nitrogen and oxygen atoms in total. The Morgan fingerprint density at radius 1 is 1.27 bits per heavy atom. The van der Waals surface area contributed by atoms with Crippen LogP contribution in [0.3, 0.4) is 0 Å². The molecule has 78 valence electrons. The smallest absolute Gasteiger partial charge is 0.434 e. The molecular formula is C12H12O3. The van der Waals surface area contributed by atoms with Crippen LogP contribution in [-0.2, 0) is 9.47 Å². The van der Waals surface area contributed by atoms with Crippen LogP contribution in [0.1, 0.15) is 12.0 Å². The third-order valence-electron chi connectivity index (χ3n) is 2.17. The van der Waals surface area contributed by atoms with E-state index < -0.39 is 6.16 Å². The number of hydrogen-bond acceptors (Lipinski definition) is 3. The molecule has 15 heavy (non-hydrogen) atoms. The summed E-state index contributed by atoms with van der Waals surface area (Å²) in [5, 5.41) is 0. The molecule has 1 saturated heterocycles. The van der Waals surface area contributed by atoms with Crippen molar-refractivity contribution in [3.05, 3.63) is 42.0 Å². The maximum atomic E-state index is 10.8. The summed E-state index contributed by atoms with van der Waals surface area (Å²) in [5.41, 5.74) is 1.10. The van der Waals surface area contributed by atoms with Crippen LogP contribution in [-0.4, -0.2) is 18.9 Å². The van der Waals surface area contributed by atoms with Gasteiger partial charge in [0.2, 0.25) is 0 Å². The van der Waals surface area contributed by atoms with Gasteiger partial charge in [-0.2, -0.15) is 0 Å². The number of cyclic esters (lactones) is 2. The zero-order valence-corrected chi connectivity index (χ0v) is 8.26. The maximum Gasteiger partial charge on any atom is 0.508 e. The summed E-state index contributed by atoms with van der Waals surface area (Å²) in [6, 6.07) is 9.90. The lowest BCUT2D eigenvalue weighted by atomic mass is 10.1. The first kappa shape index (κ1) is 9.77. The Labute approximate surface area is 88.3 Å². The van der Waals surface area contributed by atoms with E-state index in [2.05, 4.69) is 4.74 Å². The van der Waals surface area contributed by atoms with Crippen molar-refractivity contribution >= 4 is 12.2 Å². The van der Waals surface area contributed by atoms with Crippen LogP contribution in [0.25, 0.3) is 6.08 Å². The molecule has 1 aromatic carbocycles. The predicted molar refractivity (Wildman–Crippen MR) is 56.3 cm³/mol. The summed E-state index contributed by atoms with van der Waals surface area (Å²) < 4.78 is 9.63. The highest BCUT2D eigenvalue weighted by atomic mass is 16.7. The van der Waals surface area contributed by atoms with Crippen molar-refractivity contribution in [2.75, 3.05) is 6.61 Å². The minimum absolute atomic E-state index is 0.161. The highest BCUT2D eigenvalue weighted by Crippen LogP contribution is 2.11. The van der Waals surface area contributed by atoms with Crippen molar-refractivity contribution in [3.63, 3.8) is 0 Å². The van der Waals surface area contributed by atoms with Crippen molar-refractivity contribution in [1.29, 1.82) is 0 Å². The summed E-state index contributed by atoms with van der Waals surface area (Å²) in [7, 11) is 0. The van der Waals surface area contributed by atoms with Crippen LogP contribution in [0.15, 0.2) is 36.4 Å². The molecule has 2 rings (SSSR count). The molecule has 1 fully saturated rings. The Morgan fingerprint density at radius 2 is 2.07 bits per heavy atom. The Kier molecular flexibility index (Phi) is 3.02. The fourth-order valence-electron chi connectivity index (χ4n) is 1.39. The normalized spacial score (nSPS) is 21.1. The van der Waals surface area contributed by atoms with Gasteiger partial charge in [0, 0.05) is 6.42 Å². The van der Waals surface area contributed by atoms with Crippen molar-refractivity contribution in [1.82, 2.24) is 0 Å². The Bertz CT molecular complexity index is 356. The summed E-state index contributed by atoms with van der Waals surface area (Å²) in [4.78, 5) is 10.8. The molecule has 1 unspecified atom stereocenters. The van der Waals surface area contributed by atoms with Gasteiger partial charge in [0.05, 0.1) is 6.61 Å². The molecule has 1 aliphatic heterocycles. The number of carbonyl (C=O) groups excluding carboxylic acids is 1. The predicted octanol–water partition coefficient (Wildman–Crippen LogP) is 2.63. The fraction of sp³-hybridized carbons (Fsp3) is 0.250. The second-order valence-corrected chi connectivity index (χ2v) is 3.31. The summed E-state index contributed by atoms with van der Waals surface area (Å²) in [6.07, 6.45) is 3.81. The largest absolute Gasteiger partial charge is 0.508 e. The van der Waals surface area contributed by atoms with Crippen LogP contribution < -0.4 is 0 Å². The monoisotopic (exact) mass is 204 g/mol. The quantitative estimate of drug-likeness (QED) is 0.694. The van der Waals surface area contributed by atoms with Crippen LogP contribution in [0.5, 0.6) is 0 Å². The molecule has 1 heterocycles. The van der Waals surface area contributed by atoms with Gasteiger partial charge < -0.3 is 9.47 Å². The van der Waals surface area contributed by atoms with Gasteiger partial charge in [-0.25, -0.2) is 4.79 Å². The summed E-state index contributed by atoms with van der Waals surface area (Å²) >= 11 is 0. The minimum Gasteiger partial charge on any atom is -0.434 e. The maximum absolute atomic E-state index is 10.8. The fourth-order valence-corrected chi connectivity index (χ4v) is 1.39. The number of carbonyl (C=O) groups is 1. The van der Waals surface area contributed by atoms with E-state index in [0.29, 0.717) is 6.61 Å². The molecule has 0 N–H and O–H groups in total. The van der Waals surface area contributed by atoms with Gasteiger partial charge in [0.1, 0.15) is 6.10 Å². The van der Waals surface area contributed by atoms with Crippen molar-refractivity contribution in [2.45, 2.75) is 12.5 Å². The average molecular weight is 204 g/mol. The first-order valence-corrected chi connectivity index (χ1v) is 4.91. The van der Waals surface area contributed by atoms with Gasteiger partial charge in [-0.1, -0.05) is 36.4 Å². The van der Waals surface area contributed by atoms with Crippen molar-refractivity contribution in [3.8, 4) is 0 Å². The summed E-state index contributed by atoms with van der Waals surface area (Å²) in [6.45, 7) is 0.433. The number of benzene rings is 1. The third-order valence-corrected chi connectivity index (χ3v) is 2.17. The van der Waals surface area contributed by atoms with E-state index in [4.69, 9.17) is 4.74 Å². The second-order valence-electron chi connectivity index (χ2n) is 3.31. The van der Waals surface area contributed by atoms with E-state index in [1.807, 2.05) is 42.5 Å². The van der Waals surface area contributed by atoms with Gasteiger partial charge in [-0.05, 0) is 11.6 Å². The Morgan fingerprint density at radius 3 is 2.80 bits per heavy atom. The topological polar surface area (TPSA) is 35.5 Å². The van der Waals surface area contributed by atoms with Crippen LogP contribution in [0, 0.1) is 0 Å². The molecule has 1 aliphatic rings. The minimum atomic E-state index is -0.580. The lowest BCUT2D eigenvalue weighted by molar-refractivity contribution is -0.00537. The van der Waals surface area contributed by atoms with E-state index in [1.165, 1.54) is 0 Å².